The minimum Gasteiger partial charge on any atom is -0.480 e. The molecule has 0 amide bonds. The molecule has 0 spiro atoms. The quantitative estimate of drug-likeness (QED) is 0.260. The Morgan fingerprint density at radius 2 is 2.00 bits per heavy atom. The summed E-state index contributed by atoms with van der Waals surface area (Å²) in [7, 11) is -4.25. The molecule has 3 aromatic rings. The van der Waals surface area contributed by atoms with Gasteiger partial charge >= 0.3 is 5.97 Å². The number of anilines is 1. The first-order valence-corrected chi connectivity index (χ1v) is 14.0. The second-order valence-corrected chi connectivity index (χ2v) is 11.2. The van der Waals surface area contributed by atoms with E-state index in [-0.39, 0.29) is 22.4 Å². The van der Waals surface area contributed by atoms with Crippen molar-refractivity contribution in [1.29, 1.82) is 0 Å². The zero-order valence-electron chi connectivity index (χ0n) is 19.2. The lowest BCUT2D eigenvalue weighted by atomic mass is 10.1. The molecule has 13 heteroatoms. The van der Waals surface area contributed by atoms with Gasteiger partial charge in [0.1, 0.15) is 22.2 Å². The molecule has 2 aromatic carbocycles. The number of hydrogen-bond donors (Lipinski definition) is 2. The number of aryl methyl sites for hydroxylation is 1. The highest BCUT2D eigenvalue weighted by Gasteiger charge is 2.23. The molecule has 0 unspecified atom stereocenters. The van der Waals surface area contributed by atoms with Crippen molar-refractivity contribution in [1.82, 2.24) is 9.88 Å². The number of thiazole rings is 1. The third-order valence-corrected chi connectivity index (χ3v) is 7.69. The van der Waals surface area contributed by atoms with Crippen molar-refractivity contribution in [3.05, 3.63) is 63.3 Å². The smallest absolute Gasteiger partial charge is 0.317 e. The number of benzene rings is 2. The molecule has 0 aliphatic carbocycles. The molecular formula is C23H24Cl2FN3O5S2. The fraction of sp³-hybridized carbons (Fsp3) is 0.304. The predicted molar refractivity (Wildman–Crippen MR) is 139 cm³/mol. The minimum atomic E-state index is -4.25. The summed E-state index contributed by atoms with van der Waals surface area (Å²) in [4.78, 5) is 16.1. The highest BCUT2D eigenvalue weighted by atomic mass is 35.5. The van der Waals surface area contributed by atoms with Gasteiger partial charge in [0.15, 0.2) is 5.13 Å². The number of hydrogen-bond acceptors (Lipinski definition) is 7. The Morgan fingerprint density at radius 3 is 2.67 bits per heavy atom. The third kappa shape index (κ3) is 7.78. The van der Waals surface area contributed by atoms with E-state index in [1.807, 2.05) is 11.8 Å². The van der Waals surface area contributed by atoms with E-state index >= 15 is 0 Å². The van der Waals surface area contributed by atoms with E-state index in [2.05, 4.69) is 9.71 Å². The number of nitrogens with one attached hydrogen (secondary N) is 1. The van der Waals surface area contributed by atoms with Crippen LogP contribution in [0.5, 0.6) is 11.5 Å². The maximum atomic E-state index is 14.8. The molecule has 36 heavy (non-hydrogen) atoms. The van der Waals surface area contributed by atoms with Crippen LogP contribution in [0.1, 0.15) is 25.3 Å². The lowest BCUT2D eigenvalue weighted by Crippen LogP contribution is -2.31. The molecule has 0 saturated carbocycles. The highest BCUT2D eigenvalue weighted by molar-refractivity contribution is 7.93. The number of aromatic nitrogens is 1. The van der Waals surface area contributed by atoms with Gasteiger partial charge in [-0.05, 0) is 62.2 Å². The standard InChI is InChI=1S/C23H24Cl2FN3O5S2/c1-2-8-29(14-22(30)31)9-3-4-15-11-16(24)5-6-19(15)34-20-13-18(26)21(12-17(20)25)36(32,33)28-23-27-7-10-35-23/h5-7,10-13H,2-4,8-9,14H2,1H3,(H,27,28)(H,30,31). The number of nitrogens with zero attached hydrogens (tertiary/aromatic N) is 2. The normalized spacial score (nSPS) is 11.6. The molecule has 0 saturated heterocycles. The second-order valence-electron chi connectivity index (χ2n) is 7.78. The van der Waals surface area contributed by atoms with Gasteiger partial charge < -0.3 is 9.84 Å². The van der Waals surface area contributed by atoms with Crippen molar-refractivity contribution in [2.75, 3.05) is 24.4 Å². The summed E-state index contributed by atoms with van der Waals surface area (Å²) in [6, 6.07) is 6.81. The Labute approximate surface area is 222 Å². The summed E-state index contributed by atoms with van der Waals surface area (Å²) in [5.74, 6) is -1.63. The molecule has 0 fully saturated rings. The Kier molecular flexibility index (Phi) is 9.92. The van der Waals surface area contributed by atoms with E-state index in [0.29, 0.717) is 42.3 Å². The number of carboxylic acid groups (broad SMARTS) is 1. The van der Waals surface area contributed by atoms with E-state index in [1.165, 1.54) is 6.20 Å². The van der Waals surface area contributed by atoms with Crippen molar-refractivity contribution < 1.29 is 27.4 Å². The Bertz CT molecular complexity index is 1310. The summed E-state index contributed by atoms with van der Waals surface area (Å²) in [6.07, 6.45) is 3.39. The monoisotopic (exact) mass is 575 g/mol. The van der Waals surface area contributed by atoms with Crippen LogP contribution in [0.25, 0.3) is 0 Å². The van der Waals surface area contributed by atoms with Gasteiger partial charge in [-0.3, -0.25) is 14.4 Å². The van der Waals surface area contributed by atoms with Crippen molar-refractivity contribution in [3.63, 3.8) is 0 Å². The summed E-state index contributed by atoms with van der Waals surface area (Å²) in [5.41, 5.74) is 0.716. The van der Waals surface area contributed by atoms with Crippen LogP contribution in [-0.4, -0.2) is 49.0 Å². The van der Waals surface area contributed by atoms with E-state index in [9.17, 15) is 17.6 Å². The number of carboxylic acids is 1. The zero-order chi connectivity index (χ0) is 26.3. The van der Waals surface area contributed by atoms with Crippen molar-refractivity contribution >= 4 is 55.7 Å². The van der Waals surface area contributed by atoms with Crippen LogP contribution in [0, 0.1) is 5.82 Å². The Hall–Kier alpha value is -2.44. The zero-order valence-corrected chi connectivity index (χ0v) is 22.4. The van der Waals surface area contributed by atoms with Gasteiger partial charge in [-0.1, -0.05) is 30.1 Å². The van der Waals surface area contributed by atoms with Crippen molar-refractivity contribution in [2.45, 2.75) is 31.1 Å². The van der Waals surface area contributed by atoms with Crippen LogP contribution in [0.2, 0.25) is 10.0 Å². The number of ether oxygens (including phenoxy) is 1. The van der Waals surface area contributed by atoms with Crippen LogP contribution in [0.15, 0.2) is 46.8 Å². The first-order chi connectivity index (χ1) is 17.1. The number of rotatable bonds is 13. The summed E-state index contributed by atoms with van der Waals surface area (Å²) in [5, 5.41) is 11.1. The van der Waals surface area contributed by atoms with Gasteiger partial charge in [-0.2, -0.15) is 0 Å². The molecule has 1 heterocycles. The van der Waals surface area contributed by atoms with Crippen LogP contribution in [0.3, 0.4) is 0 Å². The molecule has 0 bridgehead atoms. The van der Waals surface area contributed by atoms with Crippen LogP contribution < -0.4 is 9.46 Å². The SMILES string of the molecule is CCCN(CCCc1cc(Cl)ccc1Oc1cc(F)c(S(=O)(=O)Nc2nccs2)cc1Cl)CC(=O)O. The maximum absolute atomic E-state index is 14.8. The lowest BCUT2D eigenvalue weighted by Gasteiger charge is -2.20. The first kappa shape index (κ1) is 28.1. The average Bonchev–Trinajstić information content (AvgIpc) is 3.29. The van der Waals surface area contributed by atoms with E-state index < -0.39 is 26.7 Å². The summed E-state index contributed by atoms with van der Waals surface area (Å²) < 4.78 is 48.1. The minimum absolute atomic E-state index is 0.0473. The number of sulfonamides is 1. The second kappa shape index (κ2) is 12.7. The summed E-state index contributed by atoms with van der Waals surface area (Å²) in [6.45, 7) is 3.15. The van der Waals surface area contributed by atoms with Crippen molar-refractivity contribution in [2.24, 2.45) is 0 Å². The van der Waals surface area contributed by atoms with Crippen LogP contribution in [0.4, 0.5) is 9.52 Å². The topological polar surface area (TPSA) is 109 Å². The van der Waals surface area contributed by atoms with Crippen LogP contribution in [-0.2, 0) is 21.2 Å². The van der Waals surface area contributed by atoms with E-state index in [0.717, 1.165) is 29.9 Å². The highest BCUT2D eigenvalue weighted by Crippen LogP contribution is 2.36. The molecule has 3 rings (SSSR count). The molecule has 0 aliphatic heterocycles. The maximum Gasteiger partial charge on any atom is 0.317 e. The van der Waals surface area contributed by atoms with Gasteiger partial charge in [-0.15, -0.1) is 11.3 Å². The molecule has 194 valence electrons. The Balaban J connectivity index is 1.78. The molecular weight excluding hydrogens is 552 g/mol. The third-order valence-electron chi connectivity index (χ3n) is 4.99. The van der Waals surface area contributed by atoms with Gasteiger partial charge in [-0.25, -0.2) is 17.8 Å². The summed E-state index contributed by atoms with van der Waals surface area (Å²) >= 11 is 13.5. The largest absolute Gasteiger partial charge is 0.480 e. The van der Waals surface area contributed by atoms with E-state index in [4.69, 9.17) is 33.0 Å². The average molecular weight is 576 g/mol. The number of halogens is 3. The molecule has 1 aromatic heterocycles. The molecule has 8 nitrogen and oxygen atoms in total. The molecule has 0 aliphatic rings. The molecule has 0 radical (unpaired) electrons. The fourth-order valence-electron chi connectivity index (χ4n) is 3.47. The van der Waals surface area contributed by atoms with Gasteiger partial charge in [0.25, 0.3) is 10.0 Å². The molecule has 2 N–H and O–H groups in total. The number of carbonyl (C=O) groups is 1. The lowest BCUT2D eigenvalue weighted by molar-refractivity contribution is -0.138. The van der Waals surface area contributed by atoms with Gasteiger partial charge in [0.2, 0.25) is 0 Å². The predicted octanol–water partition coefficient (Wildman–Crippen LogP) is 5.91. The number of aliphatic carboxylic acids is 1. The Morgan fingerprint density at radius 1 is 1.22 bits per heavy atom. The van der Waals surface area contributed by atoms with Crippen LogP contribution >= 0.6 is 34.5 Å². The first-order valence-electron chi connectivity index (χ1n) is 10.9. The van der Waals surface area contributed by atoms with Crippen molar-refractivity contribution in [3.8, 4) is 11.5 Å². The molecule has 0 atom stereocenters. The fourth-order valence-corrected chi connectivity index (χ4v) is 5.81. The van der Waals surface area contributed by atoms with Gasteiger partial charge in [0, 0.05) is 22.7 Å². The van der Waals surface area contributed by atoms with E-state index in [1.54, 1.807) is 23.6 Å². The van der Waals surface area contributed by atoms with Gasteiger partial charge in [0.05, 0.1) is 11.6 Å².